The fourth-order valence-electron chi connectivity index (χ4n) is 1.87. The lowest BCUT2D eigenvalue weighted by molar-refractivity contribution is -0.120. The Labute approximate surface area is 126 Å². The molecule has 7 nitrogen and oxygen atoms in total. The van der Waals surface area contributed by atoms with Crippen LogP contribution in [0.3, 0.4) is 0 Å². The van der Waals surface area contributed by atoms with E-state index in [1.165, 1.54) is 6.21 Å². The average molecular weight is 300 g/mol. The Morgan fingerprint density at radius 2 is 1.86 bits per heavy atom. The summed E-state index contributed by atoms with van der Waals surface area (Å²) in [5.74, 6) is -0.441. The van der Waals surface area contributed by atoms with Gasteiger partial charge in [0.1, 0.15) is 0 Å². The minimum absolute atomic E-state index is 0.164. The summed E-state index contributed by atoms with van der Waals surface area (Å²) in [7, 11) is 0. The van der Waals surface area contributed by atoms with Crippen LogP contribution >= 0.6 is 0 Å². The molecular weight excluding hydrogens is 284 g/mol. The number of carbonyl (C=O) groups is 1. The Morgan fingerprint density at radius 1 is 1.18 bits per heavy atom. The Hall–Kier alpha value is -2.96. The third-order valence-electron chi connectivity index (χ3n) is 3.07. The molecule has 0 atom stereocenters. The molecular formula is C15H16N4O3. The van der Waals surface area contributed by atoms with Crippen molar-refractivity contribution in [3.05, 3.63) is 67.5 Å². The molecule has 0 aliphatic heterocycles. The zero-order valence-electron chi connectivity index (χ0n) is 12.3. The maximum absolute atomic E-state index is 11.8. The highest BCUT2D eigenvalue weighted by Crippen LogP contribution is 2.00. The van der Waals surface area contributed by atoms with E-state index in [1.807, 2.05) is 31.2 Å². The molecule has 0 spiro atoms. The number of nitrogens with zero attached hydrogens (tertiary/aromatic N) is 1. The second-order valence-electron chi connectivity index (χ2n) is 4.89. The molecule has 3 N–H and O–H groups in total. The summed E-state index contributed by atoms with van der Waals surface area (Å²) in [6.45, 7) is 3.54. The number of H-pyrrole nitrogens is 2. The fourth-order valence-corrected chi connectivity index (χ4v) is 1.87. The zero-order valence-corrected chi connectivity index (χ0v) is 12.3. The Balaban J connectivity index is 2.00. The summed E-state index contributed by atoms with van der Waals surface area (Å²) in [6.07, 6.45) is 1.35. The van der Waals surface area contributed by atoms with Crippen LogP contribution in [0.2, 0.25) is 0 Å². The van der Waals surface area contributed by atoms with Gasteiger partial charge in [0.05, 0.1) is 12.6 Å². The van der Waals surface area contributed by atoms with E-state index in [4.69, 9.17) is 0 Å². The molecule has 2 rings (SSSR count). The van der Waals surface area contributed by atoms with Crippen LogP contribution in [0.1, 0.15) is 22.4 Å². The van der Waals surface area contributed by atoms with Crippen molar-refractivity contribution >= 4 is 12.1 Å². The number of carbonyl (C=O) groups excluding carboxylic acids is 1. The van der Waals surface area contributed by atoms with Gasteiger partial charge in [-0.2, -0.15) is 5.10 Å². The quantitative estimate of drug-likeness (QED) is 0.561. The standard InChI is InChI=1S/C15H16N4O3/c1-9-3-5-11(6-4-9)8-16-19-13(20)7-12-10(2)17-15(22)18-14(12)21/h3-6,8H,7H2,1-2H3,(H,19,20)(H2,17,18,21,22)/b16-8-. The van der Waals surface area contributed by atoms with Crippen molar-refractivity contribution in [2.24, 2.45) is 5.10 Å². The summed E-state index contributed by atoms with van der Waals surface area (Å²) in [5.41, 5.74) is 3.75. The van der Waals surface area contributed by atoms with Gasteiger partial charge >= 0.3 is 5.69 Å². The molecule has 0 saturated heterocycles. The summed E-state index contributed by atoms with van der Waals surface area (Å²) >= 11 is 0. The maximum Gasteiger partial charge on any atom is 0.325 e. The second-order valence-corrected chi connectivity index (χ2v) is 4.89. The monoisotopic (exact) mass is 300 g/mol. The Kier molecular flexibility index (Phi) is 4.67. The average Bonchev–Trinajstić information content (AvgIpc) is 2.45. The van der Waals surface area contributed by atoms with Gasteiger partial charge in [-0.1, -0.05) is 29.8 Å². The van der Waals surface area contributed by atoms with Crippen molar-refractivity contribution in [1.82, 2.24) is 15.4 Å². The lowest BCUT2D eigenvalue weighted by Crippen LogP contribution is -2.30. The van der Waals surface area contributed by atoms with Crippen molar-refractivity contribution in [2.45, 2.75) is 20.3 Å². The lowest BCUT2D eigenvalue weighted by Gasteiger charge is -2.02. The predicted octanol–water partition coefficient (Wildman–Crippen LogP) is 0.373. The minimum atomic E-state index is -0.593. The topological polar surface area (TPSA) is 107 Å². The molecule has 1 amide bonds. The van der Waals surface area contributed by atoms with E-state index >= 15 is 0 Å². The molecule has 0 fully saturated rings. The largest absolute Gasteiger partial charge is 0.325 e. The van der Waals surface area contributed by atoms with Crippen molar-refractivity contribution in [3.63, 3.8) is 0 Å². The van der Waals surface area contributed by atoms with Gasteiger partial charge in [-0.15, -0.1) is 0 Å². The number of hydrogen-bond donors (Lipinski definition) is 3. The van der Waals surface area contributed by atoms with Crippen LogP contribution in [0, 0.1) is 13.8 Å². The van der Waals surface area contributed by atoms with Crippen LogP contribution in [-0.2, 0) is 11.2 Å². The molecule has 114 valence electrons. The van der Waals surface area contributed by atoms with Gasteiger partial charge < -0.3 is 4.98 Å². The number of nitrogens with one attached hydrogen (secondary N) is 3. The molecule has 0 saturated carbocycles. The smallest absolute Gasteiger partial charge is 0.311 e. The van der Waals surface area contributed by atoms with Gasteiger partial charge in [0, 0.05) is 11.3 Å². The number of amides is 1. The van der Waals surface area contributed by atoms with Gasteiger partial charge in [0.2, 0.25) is 5.91 Å². The summed E-state index contributed by atoms with van der Waals surface area (Å²) in [6, 6.07) is 7.63. The van der Waals surface area contributed by atoms with Crippen LogP contribution in [0.4, 0.5) is 0 Å². The van der Waals surface area contributed by atoms with Crippen molar-refractivity contribution < 1.29 is 4.79 Å². The van der Waals surface area contributed by atoms with Crippen molar-refractivity contribution in [1.29, 1.82) is 0 Å². The highest BCUT2D eigenvalue weighted by Gasteiger charge is 2.10. The molecule has 1 aromatic heterocycles. The lowest BCUT2D eigenvalue weighted by atomic mass is 10.1. The minimum Gasteiger partial charge on any atom is -0.311 e. The van der Waals surface area contributed by atoms with E-state index in [1.54, 1.807) is 6.92 Å². The van der Waals surface area contributed by atoms with Crippen molar-refractivity contribution in [2.75, 3.05) is 0 Å². The van der Waals surface area contributed by atoms with Crippen LogP contribution in [0.15, 0.2) is 39.0 Å². The van der Waals surface area contributed by atoms with Crippen LogP contribution in [0.5, 0.6) is 0 Å². The van der Waals surface area contributed by atoms with Crippen LogP contribution in [-0.4, -0.2) is 22.1 Å². The number of aromatic amines is 2. The molecule has 22 heavy (non-hydrogen) atoms. The molecule has 1 aromatic carbocycles. The number of hydrazone groups is 1. The van der Waals surface area contributed by atoms with Gasteiger partial charge in [0.25, 0.3) is 5.56 Å². The number of rotatable bonds is 4. The summed E-state index contributed by atoms with van der Waals surface area (Å²) in [4.78, 5) is 39.0. The van der Waals surface area contributed by atoms with Crippen molar-refractivity contribution in [3.8, 4) is 0 Å². The van der Waals surface area contributed by atoms with E-state index in [2.05, 4.69) is 20.5 Å². The highest BCUT2D eigenvalue weighted by molar-refractivity contribution is 5.83. The first kappa shape index (κ1) is 15.4. The molecule has 0 aliphatic rings. The first-order valence-electron chi connectivity index (χ1n) is 6.66. The van der Waals surface area contributed by atoms with E-state index in [-0.39, 0.29) is 12.0 Å². The Morgan fingerprint density at radius 3 is 2.50 bits per heavy atom. The van der Waals surface area contributed by atoms with Gasteiger partial charge in [0.15, 0.2) is 0 Å². The molecule has 0 unspecified atom stereocenters. The van der Waals surface area contributed by atoms with E-state index in [0.29, 0.717) is 5.69 Å². The normalized spacial score (nSPS) is 10.8. The Bertz CT molecular complexity index is 816. The molecule has 7 heteroatoms. The molecule has 0 radical (unpaired) electrons. The number of aromatic nitrogens is 2. The second kappa shape index (κ2) is 6.66. The number of benzene rings is 1. The fraction of sp³-hybridized carbons (Fsp3) is 0.200. The summed E-state index contributed by atoms with van der Waals surface area (Å²) in [5, 5.41) is 3.84. The third kappa shape index (κ3) is 4.02. The van der Waals surface area contributed by atoms with E-state index in [0.717, 1.165) is 11.1 Å². The van der Waals surface area contributed by atoms with E-state index in [9.17, 15) is 14.4 Å². The molecule has 0 aliphatic carbocycles. The first-order valence-corrected chi connectivity index (χ1v) is 6.66. The van der Waals surface area contributed by atoms with E-state index < -0.39 is 17.2 Å². The molecule has 0 bridgehead atoms. The molecule has 1 heterocycles. The zero-order chi connectivity index (χ0) is 16.1. The number of aryl methyl sites for hydroxylation is 2. The third-order valence-corrected chi connectivity index (χ3v) is 3.07. The molecule has 2 aromatic rings. The predicted molar refractivity (Wildman–Crippen MR) is 83.0 cm³/mol. The summed E-state index contributed by atoms with van der Waals surface area (Å²) < 4.78 is 0. The van der Waals surface area contributed by atoms with Gasteiger partial charge in [-0.05, 0) is 19.4 Å². The van der Waals surface area contributed by atoms with Crippen LogP contribution in [0.25, 0.3) is 0 Å². The van der Waals surface area contributed by atoms with Gasteiger partial charge in [-0.25, -0.2) is 10.2 Å². The SMILES string of the molecule is Cc1ccc(/C=N\NC(=O)Cc2c(C)[nH]c(=O)[nH]c2=O)cc1. The number of hydrogen-bond acceptors (Lipinski definition) is 4. The first-order chi connectivity index (χ1) is 10.5. The highest BCUT2D eigenvalue weighted by atomic mass is 16.2. The van der Waals surface area contributed by atoms with Crippen LogP contribution < -0.4 is 16.7 Å². The van der Waals surface area contributed by atoms with Gasteiger partial charge in [-0.3, -0.25) is 14.6 Å². The maximum atomic E-state index is 11.8.